The maximum absolute atomic E-state index is 6.30. The number of hydrogen-bond acceptors (Lipinski definition) is 4. The molecule has 0 amide bonds. The minimum atomic E-state index is 0.638. The zero-order chi connectivity index (χ0) is 22.1. The van der Waals surface area contributed by atoms with Crippen LogP contribution in [-0.2, 0) is 11.3 Å². The standard InChI is InChI=1S/C24H32ClN3O2S/c1-3-30-23-8-5-4-7-20(23)18-28(12-6-11-27-13-15-29-16-14-27)24(31)26-21-10-9-19(2)22(25)17-21/h4-5,7-10,17H,3,6,11-16,18H2,1-2H3,(H,26,31). The first-order chi connectivity index (χ1) is 15.1. The lowest BCUT2D eigenvalue weighted by Crippen LogP contribution is -2.40. The number of morpholine rings is 1. The van der Waals surface area contributed by atoms with Gasteiger partial charge in [-0.25, -0.2) is 0 Å². The molecule has 0 radical (unpaired) electrons. The Balaban J connectivity index is 1.69. The van der Waals surface area contributed by atoms with Crippen LogP contribution in [0.1, 0.15) is 24.5 Å². The first kappa shape index (κ1) is 23.8. The molecule has 1 heterocycles. The van der Waals surface area contributed by atoms with E-state index < -0.39 is 0 Å². The van der Waals surface area contributed by atoms with E-state index in [4.69, 9.17) is 33.3 Å². The van der Waals surface area contributed by atoms with Crippen LogP contribution in [0, 0.1) is 6.92 Å². The maximum atomic E-state index is 6.30. The van der Waals surface area contributed by atoms with Gasteiger partial charge in [0.25, 0.3) is 0 Å². The molecule has 3 rings (SSSR count). The molecule has 2 aromatic carbocycles. The van der Waals surface area contributed by atoms with Crippen LogP contribution >= 0.6 is 23.8 Å². The van der Waals surface area contributed by atoms with Gasteiger partial charge in [0.2, 0.25) is 0 Å². The molecule has 168 valence electrons. The third-order valence-electron chi connectivity index (χ3n) is 5.35. The fraction of sp³-hybridized carbons (Fsp3) is 0.458. The normalized spacial score (nSPS) is 14.3. The van der Waals surface area contributed by atoms with Gasteiger partial charge in [-0.15, -0.1) is 0 Å². The molecule has 5 nitrogen and oxygen atoms in total. The average Bonchev–Trinajstić information content (AvgIpc) is 2.77. The lowest BCUT2D eigenvalue weighted by Gasteiger charge is -2.30. The summed E-state index contributed by atoms with van der Waals surface area (Å²) < 4.78 is 11.3. The van der Waals surface area contributed by atoms with E-state index in [9.17, 15) is 0 Å². The van der Waals surface area contributed by atoms with Crippen molar-refractivity contribution in [1.82, 2.24) is 9.80 Å². The third kappa shape index (κ3) is 7.35. The Bertz CT molecular complexity index is 858. The first-order valence-electron chi connectivity index (χ1n) is 10.9. The molecule has 1 saturated heterocycles. The van der Waals surface area contributed by atoms with Crippen molar-refractivity contribution in [2.45, 2.75) is 26.8 Å². The van der Waals surface area contributed by atoms with Gasteiger partial charge in [-0.2, -0.15) is 0 Å². The Morgan fingerprint density at radius 1 is 1.23 bits per heavy atom. The van der Waals surface area contributed by atoms with Crippen LogP contribution in [0.2, 0.25) is 5.02 Å². The summed E-state index contributed by atoms with van der Waals surface area (Å²) in [7, 11) is 0. The largest absolute Gasteiger partial charge is 0.494 e. The minimum absolute atomic E-state index is 0.638. The summed E-state index contributed by atoms with van der Waals surface area (Å²) >= 11 is 12.1. The molecule has 0 atom stereocenters. The summed E-state index contributed by atoms with van der Waals surface area (Å²) in [6.45, 7) is 10.8. The number of hydrogen-bond donors (Lipinski definition) is 1. The molecule has 0 aromatic heterocycles. The predicted octanol–water partition coefficient (Wildman–Crippen LogP) is 4.97. The van der Waals surface area contributed by atoms with Gasteiger partial charge in [0.1, 0.15) is 5.75 Å². The minimum Gasteiger partial charge on any atom is -0.494 e. The fourth-order valence-corrected chi connectivity index (χ4v) is 4.03. The zero-order valence-corrected chi connectivity index (χ0v) is 20.0. The summed E-state index contributed by atoms with van der Waals surface area (Å²) in [6, 6.07) is 14.1. The van der Waals surface area contributed by atoms with Crippen LogP contribution in [0.25, 0.3) is 0 Å². The molecule has 0 aliphatic carbocycles. The number of ether oxygens (including phenoxy) is 2. The molecule has 1 aliphatic heterocycles. The summed E-state index contributed by atoms with van der Waals surface area (Å²) in [4.78, 5) is 4.66. The summed E-state index contributed by atoms with van der Waals surface area (Å²) in [6.07, 6.45) is 1.02. The highest BCUT2D eigenvalue weighted by Crippen LogP contribution is 2.23. The van der Waals surface area contributed by atoms with Crippen molar-refractivity contribution in [2.75, 3.05) is 51.3 Å². The average molecular weight is 462 g/mol. The molecule has 0 bridgehead atoms. The molecular weight excluding hydrogens is 430 g/mol. The Morgan fingerprint density at radius 3 is 2.74 bits per heavy atom. The van der Waals surface area contributed by atoms with Gasteiger partial charge >= 0.3 is 0 Å². The topological polar surface area (TPSA) is 37.0 Å². The van der Waals surface area contributed by atoms with Crippen molar-refractivity contribution in [2.24, 2.45) is 0 Å². The van der Waals surface area contributed by atoms with Gasteiger partial charge in [-0.1, -0.05) is 35.9 Å². The lowest BCUT2D eigenvalue weighted by atomic mass is 10.2. The fourth-order valence-electron chi connectivity index (χ4n) is 3.57. The van der Waals surface area contributed by atoms with Crippen molar-refractivity contribution < 1.29 is 9.47 Å². The number of nitrogens with one attached hydrogen (secondary N) is 1. The van der Waals surface area contributed by atoms with Crippen LogP contribution < -0.4 is 10.1 Å². The van der Waals surface area contributed by atoms with Gasteiger partial charge in [-0.05, 0) is 56.2 Å². The van der Waals surface area contributed by atoms with Crippen LogP contribution in [0.3, 0.4) is 0 Å². The number of halogens is 1. The Labute approximate surface area is 196 Å². The maximum Gasteiger partial charge on any atom is 0.173 e. The predicted molar refractivity (Wildman–Crippen MR) is 132 cm³/mol. The number of para-hydroxylation sites is 1. The highest BCUT2D eigenvalue weighted by atomic mass is 35.5. The van der Waals surface area contributed by atoms with Crippen molar-refractivity contribution in [3.63, 3.8) is 0 Å². The molecule has 31 heavy (non-hydrogen) atoms. The van der Waals surface area contributed by atoms with E-state index in [1.54, 1.807) is 0 Å². The Morgan fingerprint density at radius 2 is 2.00 bits per heavy atom. The van der Waals surface area contributed by atoms with Crippen molar-refractivity contribution in [3.05, 3.63) is 58.6 Å². The molecule has 2 aromatic rings. The van der Waals surface area contributed by atoms with Crippen molar-refractivity contribution in [1.29, 1.82) is 0 Å². The Kier molecular flexibility index (Phi) is 9.40. The molecule has 1 N–H and O–H groups in total. The van der Waals surface area contributed by atoms with Gasteiger partial charge in [-0.3, -0.25) is 4.90 Å². The van der Waals surface area contributed by atoms with Crippen LogP contribution in [0.15, 0.2) is 42.5 Å². The van der Waals surface area contributed by atoms with E-state index in [1.807, 2.05) is 50.2 Å². The first-order valence-corrected chi connectivity index (χ1v) is 11.7. The smallest absolute Gasteiger partial charge is 0.173 e. The van der Waals surface area contributed by atoms with Gasteiger partial charge in [0.05, 0.1) is 19.8 Å². The number of aryl methyl sites for hydroxylation is 1. The van der Waals surface area contributed by atoms with Crippen LogP contribution in [0.5, 0.6) is 5.75 Å². The van der Waals surface area contributed by atoms with E-state index in [1.165, 1.54) is 0 Å². The quantitative estimate of drug-likeness (QED) is 0.531. The summed E-state index contributed by atoms with van der Waals surface area (Å²) in [5.74, 6) is 0.907. The van der Waals surface area contributed by atoms with E-state index in [2.05, 4.69) is 21.2 Å². The van der Waals surface area contributed by atoms with Gasteiger partial charge < -0.3 is 19.7 Å². The van der Waals surface area contributed by atoms with Gasteiger partial charge in [0.15, 0.2) is 5.11 Å². The highest BCUT2D eigenvalue weighted by molar-refractivity contribution is 7.80. The molecule has 7 heteroatoms. The van der Waals surface area contributed by atoms with Crippen molar-refractivity contribution >= 4 is 34.6 Å². The van der Waals surface area contributed by atoms with E-state index in [-0.39, 0.29) is 0 Å². The highest BCUT2D eigenvalue weighted by Gasteiger charge is 2.16. The van der Waals surface area contributed by atoms with Crippen molar-refractivity contribution in [3.8, 4) is 5.75 Å². The Hall–Kier alpha value is -1.86. The van der Waals surface area contributed by atoms with Gasteiger partial charge in [0, 0.05) is 49.0 Å². The number of nitrogens with zero attached hydrogens (tertiary/aromatic N) is 2. The van der Waals surface area contributed by atoms with E-state index in [0.717, 1.165) is 73.4 Å². The summed E-state index contributed by atoms with van der Waals surface area (Å²) in [5, 5.41) is 4.79. The molecule has 0 unspecified atom stereocenters. The molecule has 1 aliphatic rings. The molecule has 0 spiro atoms. The van der Waals surface area contributed by atoms with Crippen LogP contribution in [-0.4, -0.2) is 60.9 Å². The SMILES string of the molecule is CCOc1ccccc1CN(CCCN1CCOCC1)C(=S)Nc1ccc(C)c(Cl)c1. The van der Waals surface area contributed by atoms with E-state index >= 15 is 0 Å². The summed E-state index contributed by atoms with van der Waals surface area (Å²) in [5.41, 5.74) is 3.07. The zero-order valence-electron chi connectivity index (χ0n) is 18.4. The van der Waals surface area contributed by atoms with E-state index in [0.29, 0.717) is 18.3 Å². The second-order valence-electron chi connectivity index (χ2n) is 7.66. The van der Waals surface area contributed by atoms with Crippen LogP contribution in [0.4, 0.5) is 5.69 Å². The third-order valence-corrected chi connectivity index (χ3v) is 6.12. The molecule has 1 fully saturated rings. The number of benzene rings is 2. The number of anilines is 1. The molecule has 0 saturated carbocycles. The second kappa shape index (κ2) is 12.2. The number of rotatable bonds is 9. The lowest BCUT2D eigenvalue weighted by molar-refractivity contribution is 0.0367. The molecular formula is C24H32ClN3O2S. The monoisotopic (exact) mass is 461 g/mol. The second-order valence-corrected chi connectivity index (χ2v) is 8.46. The number of thiocarbonyl (C=S) groups is 1.